The van der Waals surface area contributed by atoms with E-state index in [0.29, 0.717) is 5.56 Å². The molecule has 1 aliphatic rings. The molecule has 0 saturated carbocycles. The second kappa shape index (κ2) is 6.78. The van der Waals surface area contributed by atoms with Crippen LogP contribution in [0.5, 0.6) is 0 Å². The molecular weight excluding hydrogens is 308 g/mol. The van der Waals surface area contributed by atoms with E-state index < -0.39 is 41.6 Å². The predicted octanol–water partition coefficient (Wildman–Crippen LogP) is -0.373. The van der Waals surface area contributed by atoms with Crippen molar-refractivity contribution < 1.29 is 23.8 Å². The number of hydrogen-bond acceptors (Lipinski definition) is 7. The van der Waals surface area contributed by atoms with Crippen molar-refractivity contribution in [3.63, 3.8) is 0 Å². The number of H-pyrrole nitrogens is 1. The summed E-state index contributed by atoms with van der Waals surface area (Å²) < 4.78 is 17.0. The van der Waals surface area contributed by atoms with E-state index in [4.69, 9.17) is 14.2 Å². The predicted molar refractivity (Wildman–Crippen MR) is 76.8 cm³/mol. The SMILES string of the molecule is CC(=O)OC[C@H]1O[C@H](n2cc(C)c(=O)[nH]c2=O)C[C@H]1OC(C)=O. The molecule has 0 aromatic carbocycles. The highest BCUT2D eigenvalue weighted by Gasteiger charge is 2.39. The van der Waals surface area contributed by atoms with E-state index in [1.54, 1.807) is 6.92 Å². The van der Waals surface area contributed by atoms with Crippen molar-refractivity contribution in [2.24, 2.45) is 0 Å². The summed E-state index contributed by atoms with van der Waals surface area (Å²) in [6, 6.07) is 0. The first-order valence-electron chi connectivity index (χ1n) is 7.06. The van der Waals surface area contributed by atoms with Gasteiger partial charge in [0, 0.05) is 32.0 Å². The van der Waals surface area contributed by atoms with E-state index in [0.717, 1.165) is 0 Å². The van der Waals surface area contributed by atoms with Crippen LogP contribution in [0.2, 0.25) is 0 Å². The van der Waals surface area contributed by atoms with E-state index in [1.165, 1.54) is 24.6 Å². The van der Waals surface area contributed by atoms with Gasteiger partial charge in [-0.05, 0) is 6.92 Å². The Morgan fingerprint density at radius 3 is 2.65 bits per heavy atom. The summed E-state index contributed by atoms with van der Waals surface area (Å²) in [4.78, 5) is 47.6. The molecule has 1 aliphatic heterocycles. The average molecular weight is 326 g/mol. The van der Waals surface area contributed by atoms with Gasteiger partial charge in [-0.15, -0.1) is 0 Å². The maximum atomic E-state index is 11.9. The number of nitrogens with one attached hydrogen (secondary N) is 1. The normalized spacial score (nSPS) is 23.5. The van der Waals surface area contributed by atoms with Crippen molar-refractivity contribution in [3.8, 4) is 0 Å². The Balaban J connectivity index is 2.23. The first-order chi connectivity index (χ1) is 10.8. The molecule has 0 aliphatic carbocycles. The number of esters is 2. The summed E-state index contributed by atoms with van der Waals surface area (Å²) in [6.07, 6.45) is -0.493. The van der Waals surface area contributed by atoms with Gasteiger partial charge in [0.25, 0.3) is 5.56 Å². The highest BCUT2D eigenvalue weighted by molar-refractivity contribution is 5.66. The van der Waals surface area contributed by atoms with Crippen LogP contribution in [0.3, 0.4) is 0 Å². The Kier molecular flexibility index (Phi) is 4.99. The van der Waals surface area contributed by atoms with Gasteiger partial charge in [-0.25, -0.2) is 4.79 Å². The Morgan fingerprint density at radius 2 is 2.04 bits per heavy atom. The average Bonchev–Trinajstić information content (AvgIpc) is 2.82. The van der Waals surface area contributed by atoms with Gasteiger partial charge in [0.2, 0.25) is 0 Å². The summed E-state index contributed by atoms with van der Waals surface area (Å²) in [5, 5.41) is 0. The fourth-order valence-corrected chi connectivity index (χ4v) is 2.36. The van der Waals surface area contributed by atoms with Crippen LogP contribution in [-0.4, -0.2) is 40.3 Å². The lowest BCUT2D eigenvalue weighted by molar-refractivity contribution is -0.155. The fourth-order valence-electron chi connectivity index (χ4n) is 2.36. The molecule has 1 fully saturated rings. The zero-order valence-electron chi connectivity index (χ0n) is 13.0. The number of rotatable bonds is 4. The maximum absolute atomic E-state index is 11.9. The van der Waals surface area contributed by atoms with Crippen LogP contribution >= 0.6 is 0 Å². The summed E-state index contributed by atoms with van der Waals surface area (Å²) in [7, 11) is 0. The molecule has 2 rings (SSSR count). The Labute approximate surface area is 131 Å². The third-order valence-corrected chi connectivity index (χ3v) is 3.40. The lowest BCUT2D eigenvalue weighted by Crippen LogP contribution is -2.33. The number of aryl methyl sites for hydroxylation is 1. The van der Waals surface area contributed by atoms with Crippen LogP contribution in [-0.2, 0) is 23.8 Å². The standard InChI is InChI=1S/C14H18N2O7/c1-7-5-16(14(20)15-13(7)19)12-4-10(22-9(3)18)11(23-12)6-21-8(2)17/h5,10-12H,4,6H2,1-3H3,(H,15,19,20)/t10-,11-,12+/m1/s1. The monoisotopic (exact) mass is 326 g/mol. The van der Waals surface area contributed by atoms with Crippen LogP contribution in [0.15, 0.2) is 15.8 Å². The van der Waals surface area contributed by atoms with E-state index in [-0.39, 0.29) is 13.0 Å². The molecule has 1 N–H and O–H groups in total. The number of aromatic nitrogens is 2. The van der Waals surface area contributed by atoms with Crippen molar-refractivity contribution >= 4 is 11.9 Å². The van der Waals surface area contributed by atoms with Gasteiger partial charge in [0.15, 0.2) is 0 Å². The zero-order valence-corrected chi connectivity index (χ0v) is 13.0. The van der Waals surface area contributed by atoms with Crippen LogP contribution in [0, 0.1) is 6.92 Å². The minimum Gasteiger partial charge on any atom is -0.463 e. The van der Waals surface area contributed by atoms with Crippen molar-refractivity contribution in [2.75, 3.05) is 6.61 Å². The lowest BCUT2D eigenvalue weighted by Gasteiger charge is -2.17. The van der Waals surface area contributed by atoms with Gasteiger partial charge in [-0.2, -0.15) is 0 Å². The van der Waals surface area contributed by atoms with Gasteiger partial charge in [0.05, 0.1) is 0 Å². The minimum atomic E-state index is -0.733. The molecule has 0 spiro atoms. The molecule has 0 radical (unpaired) electrons. The molecule has 0 amide bonds. The van der Waals surface area contributed by atoms with Gasteiger partial charge < -0.3 is 14.2 Å². The van der Waals surface area contributed by atoms with Crippen molar-refractivity contribution in [2.45, 2.75) is 45.6 Å². The zero-order chi connectivity index (χ0) is 17.1. The van der Waals surface area contributed by atoms with Crippen LogP contribution < -0.4 is 11.2 Å². The molecule has 1 aromatic heterocycles. The van der Waals surface area contributed by atoms with Gasteiger partial charge >= 0.3 is 17.6 Å². The smallest absolute Gasteiger partial charge is 0.330 e. The van der Waals surface area contributed by atoms with E-state index in [1.807, 2.05) is 0 Å². The molecule has 1 aromatic rings. The molecular formula is C14H18N2O7. The van der Waals surface area contributed by atoms with Crippen LogP contribution in [0.1, 0.15) is 32.1 Å². The Hall–Kier alpha value is -2.42. The highest BCUT2D eigenvalue weighted by Crippen LogP contribution is 2.30. The molecule has 0 bridgehead atoms. The Bertz CT molecular complexity index is 721. The van der Waals surface area contributed by atoms with Crippen molar-refractivity contribution in [1.29, 1.82) is 0 Å². The van der Waals surface area contributed by atoms with Gasteiger partial charge in [-0.1, -0.05) is 0 Å². The number of aromatic amines is 1. The van der Waals surface area contributed by atoms with Gasteiger partial charge in [0.1, 0.15) is 25.0 Å². The molecule has 126 valence electrons. The lowest BCUT2D eigenvalue weighted by atomic mass is 10.2. The van der Waals surface area contributed by atoms with Crippen molar-refractivity contribution in [3.05, 3.63) is 32.6 Å². The first-order valence-corrected chi connectivity index (χ1v) is 7.06. The highest BCUT2D eigenvalue weighted by atomic mass is 16.6. The van der Waals surface area contributed by atoms with Crippen molar-refractivity contribution in [1.82, 2.24) is 9.55 Å². The van der Waals surface area contributed by atoms with E-state index >= 15 is 0 Å². The third-order valence-electron chi connectivity index (χ3n) is 3.40. The fraction of sp³-hybridized carbons (Fsp3) is 0.571. The minimum absolute atomic E-state index is 0.0964. The molecule has 2 heterocycles. The number of nitrogens with zero attached hydrogens (tertiary/aromatic N) is 1. The van der Waals surface area contributed by atoms with E-state index in [9.17, 15) is 19.2 Å². The summed E-state index contributed by atoms with van der Waals surface area (Å²) >= 11 is 0. The van der Waals surface area contributed by atoms with Gasteiger partial charge in [-0.3, -0.25) is 23.9 Å². The second-order valence-corrected chi connectivity index (χ2v) is 5.29. The molecule has 9 heteroatoms. The summed E-state index contributed by atoms with van der Waals surface area (Å²) in [5.41, 5.74) is -0.752. The summed E-state index contributed by atoms with van der Waals surface area (Å²) in [6.45, 7) is 3.97. The first kappa shape index (κ1) is 16.9. The molecule has 0 unspecified atom stereocenters. The summed E-state index contributed by atoms with van der Waals surface area (Å²) in [5.74, 6) is -0.993. The van der Waals surface area contributed by atoms with E-state index in [2.05, 4.69) is 4.98 Å². The largest absolute Gasteiger partial charge is 0.463 e. The molecule has 3 atom stereocenters. The second-order valence-electron chi connectivity index (χ2n) is 5.29. The number of carbonyl (C=O) groups excluding carboxylic acids is 2. The molecule has 9 nitrogen and oxygen atoms in total. The van der Waals surface area contributed by atoms with Crippen LogP contribution in [0.4, 0.5) is 0 Å². The number of hydrogen-bond donors (Lipinski definition) is 1. The number of carbonyl (C=O) groups is 2. The molecule has 1 saturated heterocycles. The Morgan fingerprint density at radius 1 is 1.35 bits per heavy atom. The molecule has 23 heavy (non-hydrogen) atoms. The quantitative estimate of drug-likeness (QED) is 0.750. The third kappa shape index (κ3) is 4.07. The maximum Gasteiger partial charge on any atom is 0.330 e. The number of ether oxygens (including phenoxy) is 3. The topological polar surface area (TPSA) is 117 Å². The van der Waals surface area contributed by atoms with Crippen LogP contribution in [0.25, 0.3) is 0 Å².